The molecule has 5 nitrogen and oxygen atoms in total. The Kier molecular flexibility index (Phi) is 5.96. The lowest BCUT2D eigenvalue weighted by molar-refractivity contribution is 0.0602. The summed E-state index contributed by atoms with van der Waals surface area (Å²) in [5, 5.41) is 3.39. The molecule has 2 aromatic carbocycles. The van der Waals surface area contributed by atoms with Gasteiger partial charge in [0.05, 0.1) is 5.54 Å². The number of ether oxygens (including phenoxy) is 1. The van der Waals surface area contributed by atoms with Gasteiger partial charge in [0.25, 0.3) is 0 Å². The Hall–Kier alpha value is -2.60. The van der Waals surface area contributed by atoms with Crippen LogP contribution in [0, 0.1) is 5.82 Å². The Morgan fingerprint density at radius 3 is 2.74 bits per heavy atom. The zero-order valence-electron chi connectivity index (χ0n) is 15.5. The van der Waals surface area contributed by atoms with Gasteiger partial charge in [-0.25, -0.2) is 9.18 Å². The van der Waals surface area contributed by atoms with Gasteiger partial charge >= 0.3 is 6.09 Å². The molecule has 0 unspecified atom stereocenters. The van der Waals surface area contributed by atoms with Crippen LogP contribution < -0.4 is 11.1 Å². The number of nitrogens with one attached hydrogen (secondary N) is 1. The molecule has 1 amide bonds. The van der Waals surface area contributed by atoms with Gasteiger partial charge in [-0.15, -0.1) is 0 Å². The van der Waals surface area contributed by atoms with Gasteiger partial charge in [0.2, 0.25) is 0 Å². The van der Waals surface area contributed by atoms with Crippen molar-refractivity contribution in [2.75, 3.05) is 18.4 Å². The average molecular weight is 371 g/mol. The highest BCUT2D eigenvalue weighted by molar-refractivity contribution is 5.68. The summed E-state index contributed by atoms with van der Waals surface area (Å²) in [7, 11) is 0. The van der Waals surface area contributed by atoms with Crippen molar-refractivity contribution in [3.63, 3.8) is 0 Å². The Morgan fingerprint density at radius 1 is 1.30 bits per heavy atom. The highest BCUT2D eigenvalue weighted by Gasteiger charge is 2.39. The fourth-order valence-corrected chi connectivity index (χ4v) is 3.63. The van der Waals surface area contributed by atoms with E-state index in [2.05, 4.69) is 5.32 Å². The first-order chi connectivity index (χ1) is 13.0. The van der Waals surface area contributed by atoms with E-state index in [1.165, 1.54) is 12.1 Å². The largest absolute Gasteiger partial charge is 0.445 e. The molecular weight excluding hydrogens is 345 g/mol. The number of rotatable bonds is 5. The average Bonchev–Trinajstić information content (AvgIpc) is 2.67. The van der Waals surface area contributed by atoms with Crippen molar-refractivity contribution in [3.8, 4) is 0 Å². The monoisotopic (exact) mass is 371 g/mol. The third kappa shape index (κ3) is 4.77. The molecule has 1 saturated heterocycles. The summed E-state index contributed by atoms with van der Waals surface area (Å²) in [4.78, 5) is 14.2. The molecule has 0 aliphatic carbocycles. The third-order valence-corrected chi connectivity index (χ3v) is 5.11. The lowest BCUT2D eigenvalue weighted by Gasteiger charge is -2.45. The number of nitrogens with two attached hydrogens (primary N) is 1. The molecule has 3 N–H and O–H groups in total. The van der Waals surface area contributed by atoms with Crippen molar-refractivity contribution < 1.29 is 13.9 Å². The SMILES string of the molecule is C[C@H]1C[C@](CN)(Nc2cccc(F)c2)CCN1C(=O)OCc1ccccc1. The summed E-state index contributed by atoms with van der Waals surface area (Å²) in [6, 6.07) is 15.9. The van der Waals surface area contributed by atoms with Gasteiger partial charge in [-0.3, -0.25) is 0 Å². The number of likely N-dealkylation sites (tertiary alicyclic amines) is 1. The minimum Gasteiger partial charge on any atom is -0.445 e. The molecule has 6 heteroatoms. The molecule has 2 atom stereocenters. The Balaban J connectivity index is 1.60. The standard InChI is InChI=1S/C21H26FN3O2/c1-16-13-21(15-23,24-19-9-5-8-18(22)12-19)10-11-25(16)20(26)27-14-17-6-3-2-4-7-17/h2-9,12,16,24H,10-11,13-15,23H2,1H3/t16-,21+/m0/s1. The van der Waals surface area contributed by atoms with Crippen molar-refractivity contribution in [3.05, 3.63) is 66.0 Å². The van der Waals surface area contributed by atoms with Crippen LogP contribution in [-0.2, 0) is 11.3 Å². The number of anilines is 1. The Labute approximate surface area is 159 Å². The molecular formula is C21H26FN3O2. The van der Waals surface area contributed by atoms with Crippen molar-refractivity contribution >= 4 is 11.8 Å². The molecule has 1 heterocycles. The predicted octanol–water partition coefficient (Wildman–Crippen LogP) is 3.76. The first-order valence-corrected chi connectivity index (χ1v) is 9.22. The summed E-state index contributed by atoms with van der Waals surface area (Å²) in [5.74, 6) is -0.290. The maximum atomic E-state index is 13.5. The molecule has 0 saturated carbocycles. The van der Waals surface area contributed by atoms with Crippen LogP contribution >= 0.6 is 0 Å². The van der Waals surface area contributed by atoms with E-state index in [4.69, 9.17) is 10.5 Å². The highest BCUT2D eigenvalue weighted by atomic mass is 19.1. The number of amides is 1. The fraction of sp³-hybridized carbons (Fsp3) is 0.381. The maximum Gasteiger partial charge on any atom is 0.410 e. The molecule has 27 heavy (non-hydrogen) atoms. The van der Waals surface area contributed by atoms with Crippen molar-refractivity contribution in [2.24, 2.45) is 5.73 Å². The number of piperidine rings is 1. The van der Waals surface area contributed by atoms with Gasteiger partial charge < -0.3 is 20.7 Å². The molecule has 144 valence electrons. The van der Waals surface area contributed by atoms with Gasteiger partial charge in [0.1, 0.15) is 12.4 Å². The quantitative estimate of drug-likeness (QED) is 0.840. The Bertz CT molecular complexity index is 771. The number of halogens is 1. The van der Waals surface area contributed by atoms with Gasteiger partial charge in [0.15, 0.2) is 0 Å². The summed E-state index contributed by atoms with van der Waals surface area (Å²) >= 11 is 0. The van der Waals surface area contributed by atoms with Crippen LogP contribution in [0.1, 0.15) is 25.3 Å². The van der Waals surface area contributed by atoms with Gasteiger partial charge in [-0.05, 0) is 43.5 Å². The number of hydrogen-bond acceptors (Lipinski definition) is 4. The molecule has 1 aliphatic rings. The van der Waals surface area contributed by atoms with Gasteiger partial charge in [-0.2, -0.15) is 0 Å². The van der Waals surface area contributed by atoms with Crippen LogP contribution in [0.15, 0.2) is 54.6 Å². The van der Waals surface area contributed by atoms with E-state index in [1.54, 1.807) is 11.0 Å². The molecule has 0 spiro atoms. The van der Waals surface area contributed by atoms with Crippen molar-refractivity contribution in [1.82, 2.24) is 4.90 Å². The molecule has 1 aliphatic heterocycles. The molecule has 0 radical (unpaired) electrons. The first kappa shape index (κ1) is 19.2. The second-order valence-corrected chi connectivity index (χ2v) is 7.16. The number of benzene rings is 2. The second-order valence-electron chi connectivity index (χ2n) is 7.16. The van der Waals surface area contributed by atoms with Crippen LogP contribution in [0.2, 0.25) is 0 Å². The lowest BCUT2D eigenvalue weighted by atomic mass is 9.83. The lowest BCUT2D eigenvalue weighted by Crippen LogP contribution is -2.58. The normalized spacial score (nSPS) is 22.3. The van der Waals surface area contributed by atoms with E-state index in [1.807, 2.05) is 43.3 Å². The first-order valence-electron chi connectivity index (χ1n) is 9.22. The minimum atomic E-state index is -0.372. The smallest absolute Gasteiger partial charge is 0.410 e. The van der Waals surface area contributed by atoms with Crippen LogP contribution in [0.25, 0.3) is 0 Å². The van der Waals surface area contributed by atoms with E-state index < -0.39 is 0 Å². The third-order valence-electron chi connectivity index (χ3n) is 5.11. The second kappa shape index (κ2) is 8.39. The Morgan fingerprint density at radius 2 is 2.07 bits per heavy atom. The van der Waals surface area contributed by atoms with E-state index in [0.717, 1.165) is 5.56 Å². The predicted molar refractivity (Wildman–Crippen MR) is 104 cm³/mol. The van der Waals surface area contributed by atoms with Crippen molar-refractivity contribution in [2.45, 2.75) is 38.0 Å². The molecule has 3 rings (SSSR count). The molecule has 0 bridgehead atoms. The molecule has 0 aromatic heterocycles. The van der Waals surface area contributed by atoms with Crippen LogP contribution in [0.4, 0.5) is 14.9 Å². The van der Waals surface area contributed by atoms with Gasteiger partial charge in [0, 0.05) is 24.8 Å². The molecule has 2 aromatic rings. The van der Waals surface area contributed by atoms with E-state index in [9.17, 15) is 9.18 Å². The summed E-state index contributed by atoms with van der Waals surface area (Å²) in [5.41, 5.74) is 7.34. The summed E-state index contributed by atoms with van der Waals surface area (Å²) in [6.45, 7) is 3.18. The summed E-state index contributed by atoms with van der Waals surface area (Å²) < 4.78 is 18.9. The number of nitrogens with zero attached hydrogens (tertiary/aromatic N) is 1. The van der Waals surface area contributed by atoms with Crippen molar-refractivity contribution in [1.29, 1.82) is 0 Å². The van der Waals surface area contributed by atoms with Crippen LogP contribution in [0.3, 0.4) is 0 Å². The van der Waals surface area contributed by atoms with E-state index >= 15 is 0 Å². The fourth-order valence-electron chi connectivity index (χ4n) is 3.63. The zero-order valence-corrected chi connectivity index (χ0v) is 15.5. The van der Waals surface area contributed by atoms with E-state index in [-0.39, 0.29) is 30.1 Å². The number of carbonyl (C=O) groups is 1. The van der Waals surface area contributed by atoms with Crippen LogP contribution in [-0.4, -0.2) is 35.7 Å². The minimum absolute atomic E-state index is 0.0355. The number of carbonyl (C=O) groups excluding carboxylic acids is 1. The maximum absolute atomic E-state index is 13.5. The zero-order chi connectivity index (χ0) is 19.3. The van der Waals surface area contributed by atoms with Crippen LogP contribution in [0.5, 0.6) is 0 Å². The molecule has 1 fully saturated rings. The topological polar surface area (TPSA) is 67.6 Å². The highest BCUT2D eigenvalue weighted by Crippen LogP contribution is 2.30. The van der Waals surface area contributed by atoms with Gasteiger partial charge in [-0.1, -0.05) is 36.4 Å². The number of hydrogen-bond donors (Lipinski definition) is 2. The summed E-state index contributed by atoms with van der Waals surface area (Å²) in [6.07, 6.45) is 1.02. The van der Waals surface area contributed by atoms with E-state index in [0.29, 0.717) is 31.6 Å².